The van der Waals surface area contributed by atoms with Crippen molar-refractivity contribution in [2.75, 3.05) is 0 Å². The zero-order chi connectivity index (χ0) is 14.0. The van der Waals surface area contributed by atoms with E-state index in [0.717, 1.165) is 28.7 Å². The summed E-state index contributed by atoms with van der Waals surface area (Å²) in [6.07, 6.45) is 7.39. The van der Waals surface area contributed by atoms with E-state index in [0.29, 0.717) is 5.92 Å². The molecule has 0 spiro atoms. The van der Waals surface area contributed by atoms with Gasteiger partial charge in [0, 0.05) is 19.5 Å². The topological polar surface area (TPSA) is 43.8 Å². The van der Waals surface area contributed by atoms with Crippen LogP contribution >= 0.6 is 11.6 Å². The molecule has 0 amide bonds. The summed E-state index contributed by atoms with van der Waals surface area (Å²) in [5.41, 5.74) is 8.44. The van der Waals surface area contributed by atoms with Gasteiger partial charge in [0.25, 0.3) is 0 Å². The molecule has 2 N–H and O–H groups in total. The number of nitrogens with two attached hydrogens (primary N) is 1. The van der Waals surface area contributed by atoms with Crippen LogP contribution in [0.2, 0.25) is 5.02 Å². The highest BCUT2D eigenvalue weighted by Gasteiger charge is 2.27. The summed E-state index contributed by atoms with van der Waals surface area (Å²) in [6.45, 7) is 4.24. The predicted molar refractivity (Wildman–Crippen MR) is 80.4 cm³/mol. The Balaban J connectivity index is 2.02. The molecular formula is C15H26ClN3. The van der Waals surface area contributed by atoms with Crippen molar-refractivity contribution in [1.82, 2.24) is 9.78 Å². The van der Waals surface area contributed by atoms with Gasteiger partial charge in [-0.25, -0.2) is 0 Å². The molecule has 1 heterocycles. The van der Waals surface area contributed by atoms with E-state index < -0.39 is 0 Å². The van der Waals surface area contributed by atoms with Crippen LogP contribution < -0.4 is 5.73 Å². The van der Waals surface area contributed by atoms with Crippen LogP contribution in [0, 0.1) is 18.8 Å². The number of halogens is 1. The highest BCUT2D eigenvalue weighted by molar-refractivity contribution is 6.31. The third kappa shape index (κ3) is 3.32. The van der Waals surface area contributed by atoms with Crippen molar-refractivity contribution >= 4 is 11.6 Å². The van der Waals surface area contributed by atoms with Gasteiger partial charge in [-0.05, 0) is 31.6 Å². The molecule has 19 heavy (non-hydrogen) atoms. The smallest absolute Gasteiger partial charge is 0.0847 e. The van der Waals surface area contributed by atoms with Crippen LogP contribution in [0.15, 0.2) is 0 Å². The minimum Gasteiger partial charge on any atom is -0.327 e. The summed E-state index contributed by atoms with van der Waals surface area (Å²) < 4.78 is 1.89. The standard InChI is InChI=1S/C15H26ClN3/c1-4-11-6-5-7-12(8-11)13(17)9-14-15(16)10(2)18-19(14)3/h11-13H,4-9,17H2,1-3H3. The van der Waals surface area contributed by atoms with E-state index in [1.807, 2.05) is 18.7 Å². The molecule has 1 saturated carbocycles. The molecule has 4 heteroatoms. The van der Waals surface area contributed by atoms with Crippen LogP contribution in [0.3, 0.4) is 0 Å². The summed E-state index contributed by atoms with van der Waals surface area (Å²) >= 11 is 6.31. The van der Waals surface area contributed by atoms with Gasteiger partial charge in [0.2, 0.25) is 0 Å². The molecule has 0 aromatic carbocycles. The Labute approximate surface area is 121 Å². The number of hydrogen-bond acceptors (Lipinski definition) is 2. The summed E-state index contributed by atoms with van der Waals surface area (Å²) in [6, 6.07) is 0.210. The zero-order valence-corrected chi connectivity index (χ0v) is 13.1. The second-order valence-electron chi connectivity index (χ2n) is 6.04. The Morgan fingerprint density at radius 2 is 2.21 bits per heavy atom. The van der Waals surface area contributed by atoms with Crippen molar-refractivity contribution in [3.05, 3.63) is 16.4 Å². The Morgan fingerprint density at radius 1 is 1.47 bits per heavy atom. The van der Waals surface area contributed by atoms with Crippen LogP contribution in [0.25, 0.3) is 0 Å². The van der Waals surface area contributed by atoms with Crippen LogP contribution in [0.5, 0.6) is 0 Å². The lowest BCUT2D eigenvalue weighted by Gasteiger charge is -2.32. The van der Waals surface area contributed by atoms with Gasteiger partial charge in [-0.2, -0.15) is 5.10 Å². The minimum atomic E-state index is 0.210. The van der Waals surface area contributed by atoms with E-state index in [2.05, 4.69) is 12.0 Å². The van der Waals surface area contributed by atoms with Gasteiger partial charge < -0.3 is 5.73 Å². The molecule has 0 radical (unpaired) electrons. The van der Waals surface area contributed by atoms with Crippen LogP contribution in [-0.2, 0) is 13.5 Å². The van der Waals surface area contributed by atoms with E-state index in [9.17, 15) is 0 Å². The van der Waals surface area contributed by atoms with Gasteiger partial charge >= 0.3 is 0 Å². The highest BCUT2D eigenvalue weighted by atomic mass is 35.5. The van der Waals surface area contributed by atoms with Crippen molar-refractivity contribution in [3.8, 4) is 0 Å². The van der Waals surface area contributed by atoms with Gasteiger partial charge in [0.1, 0.15) is 0 Å². The first-order chi connectivity index (χ1) is 9.02. The molecule has 3 nitrogen and oxygen atoms in total. The molecule has 2 rings (SSSR count). The maximum Gasteiger partial charge on any atom is 0.0847 e. The Bertz CT molecular complexity index is 427. The first kappa shape index (κ1) is 14.9. The second kappa shape index (κ2) is 6.27. The molecule has 3 atom stereocenters. The highest BCUT2D eigenvalue weighted by Crippen LogP contribution is 2.33. The molecule has 0 bridgehead atoms. The summed E-state index contributed by atoms with van der Waals surface area (Å²) in [4.78, 5) is 0. The van der Waals surface area contributed by atoms with E-state index in [-0.39, 0.29) is 6.04 Å². The lowest BCUT2D eigenvalue weighted by atomic mass is 9.76. The lowest BCUT2D eigenvalue weighted by molar-refractivity contribution is 0.227. The fourth-order valence-electron chi connectivity index (χ4n) is 3.38. The third-order valence-corrected chi connectivity index (χ3v) is 5.19. The largest absolute Gasteiger partial charge is 0.327 e. The predicted octanol–water partition coefficient (Wildman–Crippen LogP) is 3.47. The molecule has 1 aromatic heterocycles. The summed E-state index contributed by atoms with van der Waals surface area (Å²) in [5, 5.41) is 5.16. The lowest BCUT2D eigenvalue weighted by Crippen LogP contribution is -2.36. The molecule has 1 fully saturated rings. The molecule has 108 valence electrons. The van der Waals surface area contributed by atoms with Crippen LogP contribution in [-0.4, -0.2) is 15.8 Å². The van der Waals surface area contributed by atoms with Crippen molar-refractivity contribution in [2.45, 2.75) is 58.4 Å². The van der Waals surface area contributed by atoms with Crippen LogP contribution in [0.4, 0.5) is 0 Å². The monoisotopic (exact) mass is 283 g/mol. The Kier molecular flexibility index (Phi) is 4.91. The molecule has 1 aliphatic carbocycles. The van der Waals surface area contributed by atoms with Crippen molar-refractivity contribution in [3.63, 3.8) is 0 Å². The first-order valence-corrected chi connectivity index (χ1v) is 7.84. The molecule has 0 saturated heterocycles. The molecular weight excluding hydrogens is 258 g/mol. The van der Waals surface area contributed by atoms with Crippen molar-refractivity contribution in [1.29, 1.82) is 0 Å². The number of aryl methyl sites for hydroxylation is 2. The Hall–Kier alpha value is -0.540. The van der Waals surface area contributed by atoms with Gasteiger partial charge in [-0.1, -0.05) is 37.8 Å². The number of hydrogen-bond donors (Lipinski definition) is 1. The van der Waals surface area contributed by atoms with Crippen molar-refractivity contribution < 1.29 is 0 Å². The number of nitrogens with zero attached hydrogens (tertiary/aromatic N) is 2. The number of rotatable bonds is 4. The molecule has 0 aliphatic heterocycles. The van der Waals surface area contributed by atoms with Crippen molar-refractivity contribution in [2.24, 2.45) is 24.6 Å². The van der Waals surface area contributed by atoms with E-state index >= 15 is 0 Å². The average molecular weight is 284 g/mol. The summed E-state index contributed by atoms with van der Waals surface area (Å²) in [5.74, 6) is 1.51. The summed E-state index contributed by atoms with van der Waals surface area (Å²) in [7, 11) is 1.96. The molecule has 1 aromatic rings. The Morgan fingerprint density at radius 3 is 2.79 bits per heavy atom. The van der Waals surface area contributed by atoms with Crippen LogP contribution in [0.1, 0.15) is 50.4 Å². The fourth-order valence-corrected chi connectivity index (χ4v) is 3.62. The normalized spacial score (nSPS) is 25.5. The van der Waals surface area contributed by atoms with Gasteiger partial charge in [0.15, 0.2) is 0 Å². The maximum atomic E-state index is 6.44. The SMILES string of the molecule is CCC1CCCC(C(N)Cc2c(Cl)c(C)nn2C)C1. The minimum absolute atomic E-state index is 0.210. The van der Waals surface area contributed by atoms with E-state index in [4.69, 9.17) is 17.3 Å². The molecule has 3 unspecified atom stereocenters. The zero-order valence-electron chi connectivity index (χ0n) is 12.3. The third-order valence-electron chi connectivity index (χ3n) is 4.70. The second-order valence-corrected chi connectivity index (χ2v) is 6.42. The fraction of sp³-hybridized carbons (Fsp3) is 0.800. The quantitative estimate of drug-likeness (QED) is 0.919. The first-order valence-electron chi connectivity index (χ1n) is 7.46. The number of aromatic nitrogens is 2. The average Bonchev–Trinajstić information content (AvgIpc) is 2.65. The van der Waals surface area contributed by atoms with Gasteiger partial charge in [0.05, 0.1) is 16.4 Å². The van der Waals surface area contributed by atoms with E-state index in [1.165, 1.54) is 32.1 Å². The molecule has 1 aliphatic rings. The maximum absolute atomic E-state index is 6.44. The van der Waals surface area contributed by atoms with Gasteiger partial charge in [-0.3, -0.25) is 4.68 Å². The van der Waals surface area contributed by atoms with E-state index in [1.54, 1.807) is 0 Å². The van der Waals surface area contributed by atoms with Gasteiger partial charge in [-0.15, -0.1) is 0 Å².